The third-order valence-electron chi connectivity index (χ3n) is 3.07. The van der Waals surface area contributed by atoms with Crippen molar-refractivity contribution < 1.29 is 5.11 Å². The molecule has 1 nitrogen and oxygen atoms in total. The first-order chi connectivity index (χ1) is 6.77. The molecule has 1 heteroatoms. The highest BCUT2D eigenvalue weighted by Crippen LogP contribution is 2.26. The standard InChI is InChI=1S/C13H18O/c1-10(14)8-9-12-5-2-4-11-6-3-7-13(11)12/h2,4-5,10,14H,3,6-9H2,1H3/t10-/m1/s1. The average molecular weight is 190 g/mol. The fourth-order valence-electron chi connectivity index (χ4n) is 2.30. The van der Waals surface area contributed by atoms with Gasteiger partial charge in [0.2, 0.25) is 0 Å². The highest BCUT2D eigenvalue weighted by atomic mass is 16.3. The predicted octanol–water partition coefficient (Wildman–Crippen LogP) is 2.49. The molecule has 0 unspecified atom stereocenters. The zero-order valence-electron chi connectivity index (χ0n) is 8.79. The molecule has 0 aromatic heterocycles. The molecule has 0 amide bonds. The van der Waals surface area contributed by atoms with Crippen LogP contribution in [0.4, 0.5) is 0 Å². The highest BCUT2D eigenvalue weighted by Gasteiger charge is 2.13. The number of rotatable bonds is 3. The lowest BCUT2D eigenvalue weighted by Gasteiger charge is -2.09. The lowest BCUT2D eigenvalue weighted by Crippen LogP contribution is -2.03. The molecule has 0 spiro atoms. The fourth-order valence-corrected chi connectivity index (χ4v) is 2.30. The Morgan fingerprint density at radius 1 is 1.36 bits per heavy atom. The number of aliphatic hydroxyl groups excluding tert-OH is 1. The van der Waals surface area contributed by atoms with E-state index in [9.17, 15) is 5.11 Å². The van der Waals surface area contributed by atoms with Gasteiger partial charge in [-0.1, -0.05) is 18.2 Å². The van der Waals surface area contributed by atoms with Crippen LogP contribution in [0, 0.1) is 0 Å². The van der Waals surface area contributed by atoms with E-state index in [0.29, 0.717) is 0 Å². The van der Waals surface area contributed by atoms with Crippen LogP contribution in [0.15, 0.2) is 18.2 Å². The van der Waals surface area contributed by atoms with Gasteiger partial charge in [0.25, 0.3) is 0 Å². The summed E-state index contributed by atoms with van der Waals surface area (Å²) in [4.78, 5) is 0. The summed E-state index contributed by atoms with van der Waals surface area (Å²) < 4.78 is 0. The molecular weight excluding hydrogens is 172 g/mol. The van der Waals surface area contributed by atoms with Crippen LogP contribution in [0.2, 0.25) is 0 Å². The van der Waals surface area contributed by atoms with Crippen molar-refractivity contribution in [3.8, 4) is 0 Å². The van der Waals surface area contributed by atoms with Gasteiger partial charge in [0.15, 0.2) is 0 Å². The van der Waals surface area contributed by atoms with E-state index >= 15 is 0 Å². The first-order valence-corrected chi connectivity index (χ1v) is 5.55. The molecule has 0 fully saturated rings. The summed E-state index contributed by atoms with van der Waals surface area (Å²) in [5.41, 5.74) is 4.56. The SMILES string of the molecule is C[C@@H](O)CCc1cccc2c1CCC2. The molecule has 1 N–H and O–H groups in total. The van der Waals surface area contributed by atoms with Gasteiger partial charge in [0.1, 0.15) is 0 Å². The van der Waals surface area contributed by atoms with E-state index < -0.39 is 0 Å². The fraction of sp³-hybridized carbons (Fsp3) is 0.538. The first-order valence-electron chi connectivity index (χ1n) is 5.55. The molecular formula is C13H18O. The second-order valence-electron chi connectivity index (χ2n) is 4.30. The molecule has 0 aliphatic heterocycles. The molecule has 1 aromatic carbocycles. The first kappa shape index (κ1) is 9.72. The Morgan fingerprint density at radius 3 is 3.00 bits per heavy atom. The van der Waals surface area contributed by atoms with Crippen molar-refractivity contribution in [1.29, 1.82) is 0 Å². The van der Waals surface area contributed by atoms with Crippen molar-refractivity contribution in [2.75, 3.05) is 0 Å². The summed E-state index contributed by atoms with van der Waals surface area (Å²) in [5, 5.41) is 9.26. The number of aryl methyl sites for hydroxylation is 2. The van der Waals surface area contributed by atoms with Crippen molar-refractivity contribution in [1.82, 2.24) is 0 Å². The van der Waals surface area contributed by atoms with Gasteiger partial charge in [-0.3, -0.25) is 0 Å². The largest absolute Gasteiger partial charge is 0.393 e. The molecule has 1 atom stereocenters. The van der Waals surface area contributed by atoms with E-state index in [2.05, 4.69) is 18.2 Å². The smallest absolute Gasteiger partial charge is 0.0515 e. The van der Waals surface area contributed by atoms with Crippen LogP contribution in [0.25, 0.3) is 0 Å². The Hall–Kier alpha value is -0.820. The van der Waals surface area contributed by atoms with Gasteiger partial charge in [-0.2, -0.15) is 0 Å². The number of fused-ring (bicyclic) bond motifs is 1. The third-order valence-corrected chi connectivity index (χ3v) is 3.07. The summed E-state index contributed by atoms with van der Waals surface area (Å²) in [7, 11) is 0. The Bertz CT molecular complexity index is 315. The van der Waals surface area contributed by atoms with Crippen LogP contribution in [0.1, 0.15) is 36.5 Å². The molecule has 1 aliphatic rings. The number of benzene rings is 1. The summed E-state index contributed by atoms with van der Waals surface area (Å²) in [6.07, 6.45) is 5.54. The van der Waals surface area contributed by atoms with Crippen molar-refractivity contribution in [3.05, 3.63) is 34.9 Å². The predicted molar refractivity (Wildman–Crippen MR) is 58.5 cm³/mol. The summed E-state index contributed by atoms with van der Waals surface area (Å²) in [5.74, 6) is 0. The van der Waals surface area contributed by atoms with Gasteiger partial charge < -0.3 is 5.11 Å². The zero-order chi connectivity index (χ0) is 9.97. The molecule has 0 bridgehead atoms. The van der Waals surface area contributed by atoms with E-state index in [4.69, 9.17) is 0 Å². The molecule has 76 valence electrons. The van der Waals surface area contributed by atoms with Gasteiger partial charge >= 0.3 is 0 Å². The third kappa shape index (κ3) is 1.98. The van der Waals surface area contributed by atoms with Crippen molar-refractivity contribution >= 4 is 0 Å². The van der Waals surface area contributed by atoms with Crippen molar-refractivity contribution in [2.24, 2.45) is 0 Å². The number of hydrogen-bond acceptors (Lipinski definition) is 1. The minimum absolute atomic E-state index is 0.174. The van der Waals surface area contributed by atoms with Gasteiger partial charge in [-0.05, 0) is 55.7 Å². The van der Waals surface area contributed by atoms with E-state index in [0.717, 1.165) is 12.8 Å². The van der Waals surface area contributed by atoms with Gasteiger partial charge in [-0.15, -0.1) is 0 Å². The maximum absolute atomic E-state index is 9.26. The molecule has 1 aliphatic carbocycles. The summed E-state index contributed by atoms with van der Waals surface area (Å²) in [6, 6.07) is 6.61. The second-order valence-corrected chi connectivity index (χ2v) is 4.30. The minimum Gasteiger partial charge on any atom is -0.393 e. The molecule has 14 heavy (non-hydrogen) atoms. The molecule has 1 aromatic rings. The van der Waals surface area contributed by atoms with E-state index in [1.165, 1.54) is 30.4 Å². The Morgan fingerprint density at radius 2 is 2.21 bits per heavy atom. The maximum atomic E-state index is 9.26. The highest BCUT2D eigenvalue weighted by molar-refractivity contribution is 5.38. The lowest BCUT2D eigenvalue weighted by molar-refractivity contribution is 0.185. The molecule has 0 saturated heterocycles. The van der Waals surface area contributed by atoms with E-state index in [-0.39, 0.29) is 6.10 Å². The number of hydrogen-bond donors (Lipinski definition) is 1. The number of aliphatic hydroxyl groups is 1. The molecule has 2 rings (SSSR count). The van der Waals surface area contributed by atoms with E-state index in [1.54, 1.807) is 5.56 Å². The van der Waals surface area contributed by atoms with Crippen LogP contribution in [0.3, 0.4) is 0 Å². The Balaban J connectivity index is 2.14. The van der Waals surface area contributed by atoms with Gasteiger partial charge in [0, 0.05) is 0 Å². The van der Waals surface area contributed by atoms with Crippen LogP contribution in [-0.4, -0.2) is 11.2 Å². The van der Waals surface area contributed by atoms with Crippen LogP contribution >= 0.6 is 0 Å². The van der Waals surface area contributed by atoms with Crippen LogP contribution in [-0.2, 0) is 19.3 Å². The molecule has 0 radical (unpaired) electrons. The normalized spacial score (nSPS) is 16.7. The topological polar surface area (TPSA) is 20.2 Å². The molecule has 0 heterocycles. The maximum Gasteiger partial charge on any atom is 0.0515 e. The van der Waals surface area contributed by atoms with Crippen LogP contribution in [0.5, 0.6) is 0 Å². The average Bonchev–Trinajstić information content (AvgIpc) is 2.62. The van der Waals surface area contributed by atoms with Gasteiger partial charge in [-0.25, -0.2) is 0 Å². The van der Waals surface area contributed by atoms with Crippen molar-refractivity contribution in [2.45, 2.75) is 45.1 Å². The zero-order valence-corrected chi connectivity index (χ0v) is 8.79. The van der Waals surface area contributed by atoms with Crippen molar-refractivity contribution in [3.63, 3.8) is 0 Å². The second kappa shape index (κ2) is 4.14. The summed E-state index contributed by atoms with van der Waals surface area (Å²) in [6.45, 7) is 1.86. The van der Waals surface area contributed by atoms with E-state index in [1.807, 2.05) is 6.92 Å². The van der Waals surface area contributed by atoms with Crippen LogP contribution < -0.4 is 0 Å². The Labute approximate surface area is 85.8 Å². The lowest BCUT2D eigenvalue weighted by atomic mass is 9.98. The van der Waals surface area contributed by atoms with Gasteiger partial charge in [0.05, 0.1) is 6.10 Å². The molecule has 0 saturated carbocycles. The Kier molecular flexibility index (Phi) is 2.87. The minimum atomic E-state index is -0.174. The monoisotopic (exact) mass is 190 g/mol. The quantitative estimate of drug-likeness (QED) is 0.776. The summed E-state index contributed by atoms with van der Waals surface area (Å²) >= 11 is 0.